The molecule has 0 bridgehead atoms. The Labute approximate surface area is 107 Å². The van der Waals surface area contributed by atoms with Gasteiger partial charge in [-0.25, -0.2) is 0 Å². The second-order valence-corrected chi connectivity index (χ2v) is 5.69. The Morgan fingerprint density at radius 1 is 1.28 bits per heavy atom. The van der Waals surface area contributed by atoms with E-state index in [1.165, 1.54) is 12.8 Å². The van der Waals surface area contributed by atoms with Crippen molar-refractivity contribution < 1.29 is 9.26 Å². The highest BCUT2D eigenvalue weighted by atomic mass is 16.5. The zero-order valence-corrected chi connectivity index (χ0v) is 10.7. The summed E-state index contributed by atoms with van der Waals surface area (Å²) in [6.07, 6.45) is 8.56. The maximum Gasteiger partial charge on any atom is 0.228 e. The number of hydrogen-bond donors (Lipinski definition) is 1. The van der Waals surface area contributed by atoms with Crippen LogP contribution in [-0.2, 0) is 17.6 Å². The van der Waals surface area contributed by atoms with E-state index in [-0.39, 0.29) is 11.6 Å². The van der Waals surface area contributed by atoms with Crippen molar-refractivity contribution in [2.75, 3.05) is 6.61 Å². The van der Waals surface area contributed by atoms with Gasteiger partial charge in [0, 0.05) is 25.0 Å². The minimum Gasteiger partial charge on any atom is -0.378 e. The van der Waals surface area contributed by atoms with E-state index in [1.807, 2.05) is 0 Å². The van der Waals surface area contributed by atoms with Crippen LogP contribution in [0.2, 0.25) is 0 Å². The Bertz CT molecular complexity index is 393. The van der Waals surface area contributed by atoms with Crippen LogP contribution in [0.15, 0.2) is 4.52 Å². The SMILES string of the molecule is NC1(Cc2nc(CC3CCCO3)no2)CCCC1. The molecular formula is C13H21N3O2. The van der Waals surface area contributed by atoms with Crippen LogP contribution in [0.5, 0.6) is 0 Å². The molecule has 1 saturated heterocycles. The third kappa shape index (κ3) is 2.72. The lowest BCUT2D eigenvalue weighted by atomic mass is 9.95. The summed E-state index contributed by atoms with van der Waals surface area (Å²) < 4.78 is 10.9. The van der Waals surface area contributed by atoms with Crippen LogP contribution < -0.4 is 5.73 Å². The molecule has 5 heteroatoms. The predicted octanol–water partition coefficient (Wildman–Crippen LogP) is 1.61. The number of nitrogens with two attached hydrogens (primary N) is 1. The normalized spacial score (nSPS) is 26.8. The van der Waals surface area contributed by atoms with Crippen LogP contribution in [0.1, 0.15) is 50.2 Å². The average Bonchev–Trinajstić information content (AvgIpc) is 3.03. The highest BCUT2D eigenvalue weighted by Gasteiger charge is 2.31. The zero-order chi connectivity index (χ0) is 12.4. The fraction of sp³-hybridized carbons (Fsp3) is 0.846. The smallest absolute Gasteiger partial charge is 0.228 e. The van der Waals surface area contributed by atoms with Crippen LogP contribution in [-0.4, -0.2) is 28.4 Å². The molecular weight excluding hydrogens is 230 g/mol. The highest BCUT2D eigenvalue weighted by molar-refractivity contribution is 4.99. The van der Waals surface area contributed by atoms with Crippen molar-refractivity contribution in [1.29, 1.82) is 0 Å². The quantitative estimate of drug-likeness (QED) is 0.880. The standard InChI is InChI=1S/C13H21N3O2/c14-13(5-1-2-6-13)9-12-15-11(16-18-12)8-10-4-3-7-17-10/h10H,1-9,14H2. The van der Waals surface area contributed by atoms with Gasteiger partial charge in [-0.1, -0.05) is 18.0 Å². The van der Waals surface area contributed by atoms with Gasteiger partial charge in [0.25, 0.3) is 0 Å². The van der Waals surface area contributed by atoms with Crippen molar-refractivity contribution in [1.82, 2.24) is 10.1 Å². The first-order chi connectivity index (χ1) is 8.73. The summed E-state index contributed by atoms with van der Waals surface area (Å²) >= 11 is 0. The van der Waals surface area contributed by atoms with E-state index in [9.17, 15) is 0 Å². The molecule has 0 radical (unpaired) electrons. The predicted molar refractivity (Wildman–Crippen MR) is 66.1 cm³/mol. The molecule has 3 rings (SSSR count). The van der Waals surface area contributed by atoms with Crippen LogP contribution in [0.3, 0.4) is 0 Å². The number of nitrogens with zero attached hydrogens (tertiary/aromatic N) is 2. The van der Waals surface area contributed by atoms with Gasteiger partial charge in [-0.05, 0) is 25.7 Å². The van der Waals surface area contributed by atoms with E-state index in [4.69, 9.17) is 15.0 Å². The molecule has 1 unspecified atom stereocenters. The molecule has 1 atom stereocenters. The lowest BCUT2D eigenvalue weighted by Gasteiger charge is -2.20. The third-order valence-corrected chi connectivity index (χ3v) is 4.05. The van der Waals surface area contributed by atoms with E-state index < -0.39 is 0 Å². The van der Waals surface area contributed by atoms with Gasteiger partial charge >= 0.3 is 0 Å². The summed E-state index contributed by atoms with van der Waals surface area (Å²) in [6.45, 7) is 0.862. The van der Waals surface area contributed by atoms with Gasteiger partial charge in [0.2, 0.25) is 5.89 Å². The zero-order valence-electron chi connectivity index (χ0n) is 10.7. The van der Waals surface area contributed by atoms with Crippen LogP contribution in [0.4, 0.5) is 0 Å². The molecule has 2 fully saturated rings. The summed E-state index contributed by atoms with van der Waals surface area (Å²) in [7, 11) is 0. The first-order valence-corrected chi connectivity index (χ1v) is 6.95. The van der Waals surface area contributed by atoms with Gasteiger partial charge in [0.05, 0.1) is 6.10 Å². The fourth-order valence-electron chi connectivity index (χ4n) is 3.01. The Hall–Kier alpha value is -0.940. The molecule has 18 heavy (non-hydrogen) atoms. The molecule has 1 aromatic rings. The maximum absolute atomic E-state index is 6.31. The molecule has 1 saturated carbocycles. The lowest BCUT2D eigenvalue weighted by Crippen LogP contribution is -2.38. The molecule has 0 aromatic carbocycles. The Balaban J connectivity index is 1.58. The fourth-order valence-corrected chi connectivity index (χ4v) is 3.01. The first-order valence-electron chi connectivity index (χ1n) is 6.95. The van der Waals surface area contributed by atoms with Gasteiger partial charge in [0.1, 0.15) is 0 Å². The molecule has 1 aliphatic heterocycles. The summed E-state index contributed by atoms with van der Waals surface area (Å²) in [5, 5.41) is 4.03. The molecule has 2 N–H and O–H groups in total. The number of aromatic nitrogens is 2. The molecule has 100 valence electrons. The van der Waals surface area contributed by atoms with Crippen molar-refractivity contribution in [2.24, 2.45) is 5.73 Å². The Morgan fingerprint density at radius 3 is 2.83 bits per heavy atom. The largest absolute Gasteiger partial charge is 0.378 e. The first kappa shape index (κ1) is 12.1. The van der Waals surface area contributed by atoms with Crippen LogP contribution in [0.25, 0.3) is 0 Å². The molecule has 1 aromatic heterocycles. The summed E-state index contributed by atoms with van der Waals surface area (Å²) in [5.41, 5.74) is 6.19. The number of hydrogen-bond acceptors (Lipinski definition) is 5. The van der Waals surface area contributed by atoms with Gasteiger partial charge in [-0.15, -0.1) is 0 Å². The summed E-state index contributed by atoms with van der Waals surface area (Å²) in [5.74, 6) is 1.45. The highest BCUT2D eigenvalue weighted by Crippen LogP contribution is 2.30. The van der Waals surface area contributed by atoms with Crippen LogP contribution >= 0.6 is 0 Å². The lowest BCUT2D eigenvalue weighted by molar-refractivity contribution is 0.109. The van der Waals surface area contributed by atoms with Gasteiger partial charge in [0.15, 0.2) is 5.82 Å². The molecule has 2 heterocycles. The van der Waals surface area contributed by atoms with Crippen molar-refractivity contribution in [3.63, 3.8) is 0 Å². The Morgan fingerprint density at radius 2 is 2.11 bits per heavy atom. The minimum absolute atomic E-state index is 0.117. The number of ether oxygens (including phenoxy) is 1. The van der Waals surface area contributed by atoms with E-state index in [0.717, 1.165) is 44.5 Å². The summed E-state index contributed by atoms with van der Waals surface area (Å²) in [6, 6.07) is 0. The monoisotopic (exact) mass is 251 g/mol. The van der Waals surface area contributed by atoms with Crippen molar-refractivity contribution in [3.05, 3.63) is 11.7 Å². The molecule has 1 aliphatic carbocycles. The average molecular weight is 251 g/mol. The van der Waals surface area contributed by atoms with E-state index in [1.54, 1.807) is 0 Å². The summed E-state index contributed by atoms with van der Waals surface area (Å²) in [4.78, 5) is 4.44. The van der Waals surface area contributed by atoms with E-state index in [0.29, 0.717) is 12.3 Å². The third-order valence-electron chi connectivity index (χ3n) is 4.05. The minimum atomic E-state index is -0.117. The van der Waals surface area contributed by atoms with E-state index in [2.05, 4.69) is 10.1 Å². The van der Waals surface area contributed by atoms with Crippen LogP contribution in [0, 0.1) is 0 Å². The van der Waals surface area contributed by atoms with E-state index >= 15 is 0 Å². The van der Waals surface area contributed by atoms with Crippen molar-refractivity contribution >= 4 is 0 Å². The number of rotatable bonds is 4. The van der Waals surface area contributed by atoms with Crippen molar-refractivity contribution in [3.8, 4) is 0 Å². The maximum atomic E-state index is 6.31. The topological polar surface area (TPSA) is 74.2 Å². The van der Waals surface area contributed by atoms with Gasteiger partial charge in [-0.3, -0.25) is 0 Å². The second kappa shape index (κ2) is 4.97. The van der Waals surface area contributed by atoms with Crippen molar-refractivity contribution in [2.45, 2.75) is 63.0 Å². The molecule has 2 aliphatic rings. The molecule has 5 nitrogen and oxygen atoms in total. The van der Waals surface area contributed by atoms with Gasteiger partial charge < -0.3 is 15.0 Å². The van der Waals surface area contributed by atoms with Gasteiger partial charge in [-0.2, -0.15) is 4.98 Å². The second-order valence-electron chi connectivity index (χ2n) is 5.69. The Kier molecular flexibility index (Phi) is 3.35. The molecule has 0 spiro atoms. The molecule has 0 amide bonds.